The van der Waals surface area contributed by atoms with Gasteiger partial charge in [-0.1, -0.05) is 66.2 Å². The van der Waals surface area contributed by atoms with Gasteiger partial charge >= 0.3 is 5.97 Å². The fourth-order valence-electron chi connectivity index (χ4n) is 4.29. The molecule has 0 bridgehead atoms. The van der Waals surface area contributed by atoms with Crippen molar-refractivity contribution >= 4 is 17.2 Å². The number of nitrogens with one attached hydrogen (secondary N) is 1. The maximum absolute atomic E-state index is 12.6. The van der Waals surface area contributed by atoms with Crippen LogP contribution in [0.5, 0.6) is 5.75 Å². The van der Waals surface area contributed by atoms with Crippen molar-refractivity contribution in [3.8, 4) is 5.75 Å². The zero-order valence-corrected chi connectivity index (χ0v) is 15.4. The Morgan fingerprint density at radius 2 is 1.71 bits per heavy atom. The summed E-state index contributed by atoms with van der Waals surface area (Å²) in [6.07, 6.45) is 0. The van der Waals surface area contributed by atoms with E-state index in [1.54, 1.807) is 0 Å². The van der Waals surface area contributed by atoms with Crippen molar-refractivity contribution in [2.75, 3.05) is 11.9 Å². The molecule has 0 fully saturated rings. The van der Waals surface area contributed by atoms with Crippen molar-refractivity contribution in [3.63, 3.8) is 0 Å². The van der Waals surface area contributed by atoms with E-state index < -0.39 is 11.5 Å². The highest BCUT2D eigenvalue weighted by Crippen LogP contribution is 2.52. The van der Waals surface area contributed by atoms with Crippen LogP contribution in [0.25, 0.3) is 5.57 Å². The first-order chi connectivity index (χ1) is 13.6. The standard InChI is InChI=1S/C24H19NO3/c1-15-10-12-16(13-11-15)21-17-6-2-3-7-18(17)24(22(21)23(26)27)14-28-20-9-5-4-8-19(20)25-24/h2-13,25H,14H2,1H3,(H,26,27). The highest BCUT2D eigenvalue weighted by atomic mass is 16.5. The molecular formula is C24H19NO3. The fraction of sp³-hybridized carbons (Fsp3) is 0.125. The second kappa shape index (κ2) is 5.99. The number of aryl methyl sites for hydroxylation is 1. The zero-order chi connectivity index (χ0) is 19.3. The Morgan fingerprint density at radius 3 is 2.50 bits per heavy atom. The average molecular weight is 369 g/mol. The number of hydrogen-bond acceptors (Lipinski definition) is 3. The Balaban J connectivity index is 1.80. The van der Waals surface area contributed by atoms with Crippen LogP contribution >= 0.6 is 0 Å². The topological polar surface area (TPSA) is 58.6 Å². The molecule has 2 aliphatic rings. The van der Waals surface area contributed by atoms with Crippen LogP contribution in [0.1, 0.15) is 22.3 Å². The van der Waals surface area contributed by atoms with Crippen molar-refractivity contribution < 1.29 is 14.6 Å². The second-order valence-electron chi connectivity index (χ2n) is 7.28. The first-order valence-electron chi connectivity index (χ1n) is 9.25. The molecule has 5 rings (SSSR count). The molecule has 2 N–H and O–H groups in total. The lowest BCUT2D eigenvalue weighted by molar-refractivity contribution is -0.133. The minimum atomic E-state index is -0.942. The molecule has 138 valence electrons. The van der Waals surface area contributed by atoms with E-state index in [0.29, 0.717) is 5.57 Å². The fourth-order valence-corrected chi connectivity index (χ4v) is 4.29. The maximum atomic E-state index is 12.6. The van der Waals surface area contributed by atoms with Crippen LogP contribution in [-0.4, -0.2) is 17.7 Å². The van der Waals surface area contributed by atoms with Crippen molar-refractivity contribution in [3.05, 3.63) is 101 Å². The monoisotopic (exact) mass is 369 g/mol. The quantitative estimate of drug-likeness (QED) is 0.693. The molecule has 1 heterocycles. The smallest absolute Gasteiger partial charge is 0.335 e. The zero-order valence-electron chi connectivity index (χ0n) is 15.4. The van der Waals surface area contributed by atoms with Crippen LogP contribution in [0.15, 0.2) is 78.4 Å². The third kappa shape index (κ3) is 2.28. The van der Waals surface area contributed by atoms with E-state index in [0.717, 1.165) is 39.3 Å². The Hall–Kier alpha value is -3.53. The molecule has 0 saturated heterocycles. The number of carboxylic acid groups (broad SMARTS) is 1. The number of rotatable bonds is 2. The first kappa shape index (κ1) is 16.6. The van der Waals surface area contributed by atoms with Gasteiger partial charge in [0.1, 0.15) is 17.9 Å². The molecule has 1 unspecified atom stereocenters. The molecule has 4 nitrogen and oxygen atoms in total. The molecule has 0 saturated carbocycles. The minimum absolute atomic E-state index is 0.220. The summed E-state index contributed by atoms with van der Waals surface area (Å²) in [7, 11) is 0. The molecule has 4 heteroatoms. The predicted octanol–water partition coefficient (Wildman–Crippen LogP) is 4.59. The van der Waals surface area contributed by atoms with E-state index in [2.05, 4.69) is 5.32 Å². The van der Waals surface area contributed by atoms with Crippen molar-refractivity contribution in [1.29, 1.82) is 0 Å². The molecule has 3 aromatic carbocycles. The van der Waals surface area contributed by atoms with Gasteiger partial charge in [-0.3, -0.25) is 0 Å². The van der Waals surface area contributed by atoms with Gasteiger partial charge in [-0.25, -0.2) is 4.79 Å². The summed E-state index contributed by atoms with van der Waals surface area (Å²) in [6.45, 7) is 2.24. The van der Waals surface area contributed by atoms with E-state index in [1.165, 1.54) is 0 Å². The van der Waals surface area contributed by atoms with Crippen LogP contribution in [0, 0.1) is 6.92 Å². The lowest BCUT2D eigenvalue weighted by atomic mass is 9.85. The number of carboxylic acids is 1. The Labute approximate surface area is 163 Å². The summed E-state index contributed by atoms with van der Waals surface area (Å²) < 4.78 is 6.04. The van der Waals surface area contributed by atoms with Gasteiger partial charge in [0.05, 0.1) is 11.3 Å². The van der Waals surface area contributed by atoms with Gasteiger partial charge in [0, 0.05) is 5.57 Å². The van der Waals surface area contributed by atoms with Crippen LogP contribution in [0.3, 0.4) is 0 Å². The average Bonchev–Trinajstić information content (AvgIpc) is 2.99. The molecule has 1 spiro atoms. The van der Waals surface area contributed by atoms with Gasteiger partial charge in [-0.15, -0.1) is 0 Å². The third-order valence-electron chi connectivity index (χ3n) is 5.57. The molecule has 0 radical (unpaired) electrons. The molecule has 28 heavy (non-hydrogen) atoms. The van der Waals surface area contributed by atoms with Gasteiger partial charge < -0.3 is 15.2 Å². The maximum Gasteiger partial charge on any atom is 0.335 e. The van der Waals surface area contributed by atoms with E-state index in [1.807, 2.05) is 79.7 Å². The molecule has 3 aromatic rings. The highest BCUT2D eigenvalue weighted by molar-refractivity contribution is 6.08. The van der Waals surface area contributed by atoms with Crippen LogP contribution in [-0.2, 0) is 10.3 Å². The molecule has 1 atom stereocenters. The number of para-hydroxylation sites is 2. The Morgan fingerprint density at radius 1 is 1.00 bits per heavy atom. The summed E-state index contributed by atoms with van der Waals surface area (Å²) in [5.41, 5.74) is 4.83. The predicted molar refractivity (Wildman–Crippen MR) is 109 cm³/mol. The summed E-state index contributed by atoms with van der Waals surface area (Å²) in [5, 5.41) is 13.8. The van der Waals surface area contributed by atoms with Gasteiger partial charge in [-0.05, 0) is 35.7 Å². The molecular weight excluding hydrogens is 350 g/mol. The van der Waals surface area contributed by atoms with Gasteiger partial charge in [0.15, 0.2) is 0 Å². The summed E-state index contributed by atoms with van der Waals surface area (Å²) in [6, 6.07) is 23.5. The van der Waals surface area contributed by atoms with E-state index >= 15 is 0 Å². The second-order valence-corrected chi connectivity index (χ2v) is 7.28. The molecule has 1 aliphatic carbocycles. The summed E-state index contributed by atoms with van der Waals surface area (Å²) >= 11 is 0. The van der Waals surface area contributed by atoms with Crippen LogP contribution in [0.2, 0.25) is 0 Å². The number of ether oxygens (including phenoxy) is 1. The number of hydrogen-bond donors (Lipinski definition) is 2. The highest BCUT2D eigenvalue weighted by Gasteiger charge is 2.51. The number of anilines is 1. The SMILES string of the molecule is Cc1ccc(C2=C(C(=O)O)C3(COc4ccccc4N3)c3ccccc32)cc1. The van der Waals surface area contributed by atoms with Crippen LogP contribution < -0.4 is 10.1 Å². The molecule has 0 amide bonds. The number of benzene rings is 3. The number of aliphatic carboxylic acids is 1. The van der Waals surface area contributed by atoms with Gasteiger partial charge in [-0.2, -0.15) is 0 Å². The first-order valence-corrected chi connectivity index (χ1v) is 9.25. The number of carbonyl (C=O) groups is 1. The van der Waals surface area contributed by atoms with Crippen LogP contribution in [0.4, 0.5) is 5.69 Å². The Kier molecular flexibility index (Phi) is 3.56. The third-order valence-corrected chi connectivity index (χ3v) is 5.57. The Bertz CT molecular complexity index is 1130. The van der Waals surface area contributed by atoms with Crippen molar-refractivity contribution in [1.82, 2.24) is 0 Å². The normalized spacial score (nSPS) is 19.6. The summed E-state index contributed by atoms with van der Waals surface area (Å²) in [5.74, 6) is -0.207. The van der Waals surface area contributed by atoms with E-state index in [-0.39, 0.29) is 6.61 Å². The molecule has 0 aromatic heterocycles. The van der Waals surface area contributed by atoms with Crippen molar-refractivity contribution in [2.24, 2.45) is 0 Å². The van der Waals surface area contributed by atoms with E-state index in [9.17, 15) is 9.90 Å². The van der Waals surface area contributed by atoms with Crippen molar-refractivity contribution in [2.45, 2.75) is 12.5 Å². The minimum Gasteiger partial charge on any atom is -0.488 e. The van der Waals surface area contributed by atoms with Gasteiger partial charge in [0.25, 0.3) is 0 Å². The lowest BCUT2D eigenvalue weighted by Crippen LogP contribution is -2.46. The van der Waals surface area contributed by atoms with E-state index in [4.69, 9.17) is 4.74 Å². The lowest BCUT2D eigenvalue weighted by Gasteiger charge is -2.38. The molecule has 1 aliphatic heterocycles. The summed E-state index contributed by atoms with van der Waals surface area (Å²) in [4.78, 5) is 12.6. The number of fused-ring (bicyclic) bond motifs is 3. The largest absolute Gasteiger partial charge is 0.488 e. The van der Waals surface area contributed by atoms with Gasteiger partial charge in [0.2, 0.25) is 0 Å².